The number of nitrogens with one attached hydrogen (secondary N) is 1. The SMILES string of the molecule is COC(NC(=O)c1[c-]cccc1)OC.[Li+]. The van der Waals surface area contributed by atoms with Crippen LogP contribution in [0, 0.1) is 6.07 Å². The molecule has 0 aliphatic rings. The first kappa shape index (κ1) is 14.2. The van der Waals surface area contributed by atoms with E-state index in [0.717, 1.165) is 0 Å². The Kier molecular flexibility index (Phi) is 7.10. The summed E-state index contributed by atoms with van der Waals surface area (Å²) in [6.07, 6.45) is -0.726. The fraction of sp³-hybridized carbons (Fsp3) is 0.300. The summed E-state index contributed by atoms with van der Waals surface area (Å²) in [7, 11) is 2.90. The van der Waals surface area contributed by atoms with Crippen molar-refractivity contribution in [2.75, 3.05) is 14.2 Å². The molecular formula is C10H12LiNO3. The third kappa shape index (κ3) is 4.50. The van der Waals surface area contributed by atoms with Crippen LogP contribution in [-0.4, -0.2) is 26.5 Å². The second-order valence-electron chi connectivity index (χ2n) is 2.55. The van der Waals surface area contributed by atoms with E-state index in [9.17, 15) is 4.79 Å². The van der Waals surface area contributed by atoms with E-state index in [4.69, 9.17) is 9.47 Å². The Morgan fingerprint density at radius 2 is 2.07 bits per heavy atom. The van der Waals surface area contributed by atoms with Crippen LogP contribution in [0.2, 0.25) is 0 Å². The molecular weight excluding hydrogens is 189 g/mol. The summed E-state index contributed by atoms with van der Waals surface area (Å²) >= 11 is 0. The van der Waals surface area contributed by atoms with Crippen LogP contribution in [0.1, 0.15) is 10.4 Å². The molecule has 0 spiro atoms. The van der Waals surface area contributed by atoms with Crippen LogP contribution in [0.3, 0.4) is 0 Å². The number of carbonyl (C=O) groups excluding carboxylic acids is 1. The Morgan fingerprint density at radius 1 is 1.40 bits per heavy atom. The maximum atomic E-state index is 11.5. The molecule has 0 bridgehead atoms. The number of hydrogen-bond acceptors (Lipinski definition) is 3. The fourth-order valence-corrected chi connectivity index (χ4v) is 0.933. The summed E-state index contributed by atoms with van der Waals surface area (Å²) in [4.78, 5) is 11.5. The second-order valence-corrected chi connectivity index (χ2v) is 2.55. The number of methoxy groups -OCH3 is 2. The van der Waals surface area contributed by atoms with Gasteiger partial charge in [-0.25, -0.2) is 0 Å². The Morgan fingerprint density at radius 3 is 2.53 bits per heavy atom. The van der Waals surface area contributed by atoms with Gasteiger partial charge in [-0.2, -0.15) is 0 Å². The molecule has 1 N–H and O–H groups in total. The number of benzene rings is 1. The van der Waals surface area contributed by atoms with Gasteiger partial charge >= 0.3 is 18.9 Å². The second kappa shape index (κ2) is 7.49. The summed E-state index contributed by atoms with van der Waals surface area (Å²) < 4.78 is 9.65. The third-order valence-corrected chi connectivity index (χ3v) is 1.63. The van der Waals surface area contributed by atoms with Gasteiger partial charge in [0.25, 0.3) is 0 Å². The van der Waals surface area contributed by atoms with E-state index in [-0.39, 0.29) is 24.8 Å². The molecule has 0 saturated carbocycles. The molecule has 15 heavy (non-hydrogen) atoms. The van der Waals surface area contributed by atoms with Gasteiger partial charge in [0.15, 0.2) is 5.91 Å². The molecule has 76 valence electrons. The van der Waals surface area contributed by atoms with Crippen molar-refractivity contribution in [2.24, 2.45) is 0 Å². The minimum absolute atomic E-state index is 0. The molecule has 1 aromatic carbocycles. The van der Waals surface area contributed by atoms with Gasteiger partial charge in [-0.3, -0.25) is 0 Å². The Labute approximate surface area is 101 Å². The van der Waals surface area contributed by atoms with E-state index >= 15 is 0 Å². The smallest absolute Gasteiger partial charge is 0.344 e. The summed E-state index contributed by atoms with van der Waals surface area (Å²) in [5.41, 5.74) is 0.451. The molecule has 1 rings (SSSR count). The number of amides is 1. The topological polar surface area (TPSA) is 47.6 Å². The molecule has 1 amide bonds. The van der Waals surface area contributed by atoms with Gasteiger partial charge in [0.2, 0.25) is 6.41 Å². The molecule has 0 radical (unpaired) electrons. The van der Waals surface area contributed by atoms with E-state index in [1.165, 1.54) is 14.2 Å². The number of hydrogen-bond donors (Lipinski definition) is 1. The maximum absolute atomic E-state index is 11.5. The molecule has 0 fully saturated rings. The zero-order valence-corrected chi connectivity index (χ0v) is 9.11. The predicted octanol–water partition coefficient (Wildman–Crippen LogP) is -2.20. The Hall–Kier alpha value is -0.793. The van der Waals surface area contributed by atoms with Crippen molar-refractivity contribution in [3.05, 3.63) is 35.9 Å². The minimum atomic E-state index is -0.726. The van der Waals surface area contributed by atoms with Crippen LogP contribution in [0.4, 0.5) is 0 Å². The molecule has 1 aromatic rings. The van der Waals surface area contributed by atoms with Crippen molar-refractivity contribution in [3.63, 3.8) is 0 Å². The quantitative estimate of drug-likeness (QED) is 0.341. The predicted molar refractivity (Wildman–Crippen MR) is 50.6 cm³/mol. The van der Waals surface area contributed by atoms with E-state index in [0.29, 0.717) is 5.56 Å². The first-order valence-corrected chi connectivity index (χ1v) is 4.11. The summed E-state index contributed by atoms with van der Waals surface area (Å²) in [5.74, 6) is -0.278. The summed E-state index contributed by atoms with van der Waals surface area (Å²) in [5, 5.41) is 2.52. The van der Waals surface area contributed by atoms with Crippen molar-refractivity contribution < 1.29 is 33.1 Å². The van der Waals surface area contributed by atoms with E-state index < -0.39 is 6.41 Å². The molecule has 5 heteroatoms. The molecule has 0 aromatic heterocycles. The number of ether oxygens (including phenoxy) is 2. The van der Waals surface area contributed by atoms with Crippen LogP contribution in [0.5, 0.6) is 0 Å². The van der Waals surface area contributed by atoms with E-state index in [1.54, 1.807) is 24.3 Å². The van der Waals surface area contributed by atoms with E-state index in [1.807, 2.05) is 0 Å². The average molecular weight is 201 g/mol. The molecule has 0 aliphatic carbocycles. The molecule has 0 saturated heterocycles. The monoisotopic (exact) mass is 201 g/mol. The van der Waals surface area contributed by atoms with Gasteiger partial charge in [-0.05, 0) is 0 Å². The zero-order valence-electron chi connectivity index (χ0n) is 9.11. The summed E-state index contributed by atoms with van der Waals surface area (Å²) in [6, 6.07) is 9.69. The molecule has 0 unspecified atom stereocenters. The standard InChI is InChI=1S/C10H12NO3.Li/c1-13-10(14-2)11-9(12)8-6-4-3-5-7-8;/h3-6,10H,1-2H3,(H,11,12);/q-1;+1. The Balaban J connectivity index is 0.00000196. The van der Waals surface area contributed by atoms with Crippen LogP contribution >= 0.6 is 0 Å². The number of rotatable bonds is 4. The van der Waals surface area contributed by atoms with Crippen LogP contribution < -0.4 is 24.2 Å². The third-order valence-electron chi connectivity index (χ3n) is 1.63. The van der Waals surface area contributed by atoms with Crippen LogP contribution in [-0.2, 0) is 9.47 Å². The molecule has 0 heterocycles. The van der Waals surface area contributed by atoms with Gasteiger partial charge in [0.05, 0.1) is 0 Å². The van der Waals surface area contributed by atoms with Gasteiger partial charge in [-0.15, -0.1) is 30.3 Å². The maximum Gasteiger partial charge on any atom is 1.00 e. The normalized spacial score (nSPS) is 9.53. The van der Waals surface area contributed by atoms with Gasteiger partial charge in [0.1, 0.15) is 0 Å². The summed E-state index contributed by atoms with van der Waals surface area (Å²) in [6.45, 7) is 0. The largest absolute Gasteiger partial charge is 1.00 e. The average Bonchev–Trinajstić information content (AvgIpc) is 2.26. The van der Waals surface area contributed by atoms with Crippen molar-refractivity contribution in [1.82, 2.24) is 5.32 Å². The zero-order chi connectivity index (χ0) is 10.4. The molecule has 4 nitrogen and oxygen atoms in total. The van der Waals surface area contributed by atoms with Crippen LogP contribution in [0.15, 0.2) is 24.3 Å². The first-order valence-electron chi connectivity index (χ1n) is 4.11. The van der Waals surface area contributed by atoms with Gasteiger partial charge < -0.3 is 19.6 Å². The van der Waals surface area contributed by atoms with Crippen molar-refractivity contribution in [3.8, 4) is 0 Å². The molecule has 0 atom stereocenters. The van der Waals surface area contributed by atoms with Gasteiger partial charge in [-0.1, -0.05) is 5.56 Å². The van der Waals surface area contributed by atoms with Gasteiger partial charge in [0, 0.05) is 14.2 Å². The number of carbonyl (C=O) groups is 1. The molecule has 0 aliphatic heterocycles. The van der Waals surface area contributed by atoms with Crippen LogP contribution in [0.25, 0.3) is 0 Å². The Bertz CT molecular complexity index is 288. The van der Waals surface area contributed by atoms with Crippen molar-refractivity contribution >= 4 is 5.91 Å². The van der Waals surface area contributed by atoms with Crippen molar-refractivity contribution in [1.29, 1.82) is 0 Å². The fourth-order valence-electron chi connectivity index (χ4n) is 0.933. The minimum Gasteiger partial charge on any atom is -0.344 e. The van der Waals surface area contributed by atoms with E-state index in [2.05, 4.69) is 11.4 Å². The first-order chi connectivity index (χ1) is 6.77. The van der Waals surface area contributed by atoms with Crippen molar-refractivity contribution in [2.45, 2.75) is 6.41 Å².